The minimum Gasteiger partial charge on any atom is -0.342 e. The van der Waals surface area contributed by atoms with Gasteiger partial charge in [-0.05, 0) is 12.8 Å². The molecule has 0 saturated carbocycles. The highest BCUT2D eigenvalue weighted by atomic mass is 32.1. The van der Waals surface area contributed by atoms with Crippen LogP contribution in [0, 0.1) is 0 Å². The number of carbonyl (C=O) groups is 1. The van der Waals surface area contributed by atoms with Crippen molar-refractivity contribution < 1.29 is 4.79 Å². The highest BCUT2D eigenvalue weighted by Gasteiger charge is 2.16. The smallest absolute Gasteiger partial charge is 0.237 e. The van der Waals surface area contributed by atoms with Crippen LogP contribution in [0.2, 0.25) is 0 Å². The molecule has 0 aliphatic carbocycles. The number of hydrogen-bond donors (Lipinski definition) is 2. The molecule has 0 atom stereocenters. The quantitative estimate of drug-likeness (QED) is 0.559. The summed E-state index contributed by atoms with van der Waals surface area (Å²) >= 11 is 3.76. The van der Waals surface area contributed by atoms with E-state index in [-0.39, 0.29) is 5.91 Å². The molecule has 3 nitrogen and oxygen atoms in total. The van der Waals surface area contributed by atoms with Crippen LogP contribution in [0.1, 0.15) is 12.8 Å². The SMILES string of the molecule is O=C(CNS)N1CCCC1. The Labute approximate surface area is 66.3 Å². The molecule has 0 spiro atoms. The lowest BCUT2D eigenvalue weighted by atomic mass is 10.4. The Morgan fingerprint density at radius 2 is 2.10 bits per heavy atom. The molecule has 0 aromatic heterocycles. The predicted molar refractivity (Wildman–Crippen MR) is 42.8 cm³/mol. The lowest BCUT2D eigenvalue weighted by Crippen LogP contribution is -2.33. The fourth-order valence-corrected chi connectivity index (χ4v) is 1.28. The van der Waals surface area contributed by atoms with Crippen LogP contribution < -0.4 is 4.72 Å². The van der Waals surface area contributed by atoms with E-state index in [4.69, 9.17) is 0 Å². The largest absolute Gasteiger partial charge is 0.342 e. The van der Waals surface area contributed by atoms with Crippen molar-refractivity contribution in [3.63, 3.8) is 0 Å². The van der Waals surface area contributed by atoms with E-state index in [1.807, 2.05) is 4.90 Å². The van der Waals surface area contributed by atoms with Gasteiger partial charge < -0.3 is 4.90 Å². The minimum atomic E-state index is 0.160. The normalized spacial score (nSPS) is 17.9. The Morgan fingerprint density at radius 1 is 1.50 bits per heavy atom. The van der Waals surface area contributed by atoms with Gasteiger partial charge in [-0.2, -0.15) is 0 Å². The predicted octanol–water partition coefficient (Wildman–Crippen LogP) is 0.0432. The van der Waals surface area contributed by atoms with E-state index in [1.54, 1.807) is 0 Å². The molecule has 0 unspecified atom stereocenters. The van der Waals surface area contributed by atoms with E-state index in [1.165, 1.54) is 0 Å². The number of rotatable bonds is 2. The molecule has 0 aromatic carbocycles. The first kappa shape index (κ1) is 7.88. The first-order chi connectivity index (χ1) is 4.84. The van der Waals surface area contributed by atoms with E-state index in [0.717, 1.165) is 25.9 Å². The molecule has 1 saturated heterocycles. The number of thiol groups is 1. The van der Waals surface area contributed by atoms with Crippen molar-refractivity contribution in [2.75, 3.05) is 19.6 Å². The van der Waals surface area contributed by atoms with Crippen molar-refractivity contribution in [1.82, 2.24) is 9.62 Å². The summed E-state index contributed by atoms with van der Waals surface area (Å²) < 4.78 is 2.55. The van der Waals surface area contributed by atoms with E-state index in [2.05, 4.69) is 17.5 Å². The number of amides is 1. The van der Waals surface area contributed by atoms with Gasteiger partial charge in [-0.1, -0.05) is 12.8 Å². The molecule has 1 aliphatic rings. The second-order valence-electron chi connectivity index (χ2n) is 2.42. The van der Waals surface area contributed by atoms with Gasteiger partial charge in [0.05, 0.1) is 6.54 Å². The zero-order chi connectivity index (χ0) is 7.40. The molecule has 0 aromatic rings. The van der Waals surface area contributed by atoms with Gasteiger partial charge in [-0.15, -0.1) is 0 Å². The standard InChI is InChI=1S/C6H12N2OS/c9-6(5-7-10)8-3-1-2-4-8/h7,10H,1-5H2. The molecule has 1 rings (SSSR count). The molecule has 0 bridgehead atoms. The lowest BCUT2D eigenvalue weighted by molar-refractivity contribution is -0.128. The Kier molecular flexibility index (Phi) is 3.02. The maximum Gasteiger partial charge on any atom is 0.237 e. The van der Waals surface area contributed by atoms with Gasteiger partial charge in [0.2, 0.25) is 5.91 Å². The summed E-state index contributed by atoms with van der Waals surface area (Å²) in [5.41, 5.74) is 0. The second-order valence-corrected chi connectivity index (χ2v) is 2.74. The molecule has 58 valence electrons. The Hall–Kier alpha value is -0.220. The molecular formula is C6H12N2OS. The molecule has 1 aliphatic heterocycles. The molecule has 0 radical (unpaired) electrons. The Bertz CT molecular complexity index is 123. The number of carbonyl (C=O) groups excluding carboxylic acids is 1. The third-order valence-corrected chi connectivity index (χ3v) is 1.85. The van der Waals surface area contributed by atoms with Gasteiger partial charge in [0.1, 0.15) is 0 Å². The van der Waals surface area contributed by atoms with Crippen molar-refractivity contribution >= 4 is 18.7 Å². The Morgan fingerprint density at radius 3 is 2.60 bits per heavy atom. The Balaban J connectivity index is 2.25. The van der Waals surface area contributed by atoms with Gasteiger partial charge in [0, 0.05) is 13.1 Å². The zero-order valence-electron chi connectivity index (χ0n) is 5.84. The number of nitrogens with zero attached hydrogens (tertiary/aromatic N) is 1. The molecule has 1 amide bonds. The third-order valence-electron chi connectivity index (χ3n) is 1.69. The molecular weight excluding hydrogens is 148 g/mol. The first-order valence-electron chi connectivity index (χ1n) is 3.49. The van der Waals surface area contributed by atoms with Gasteiger partial charge in [-0.3, -0.25) is 9.52 Å². The average molecular weight is 160 g/mol. The fourth-order valence-electron chi connectivity index (χ4n) is 1.15. The molecule has 1 N–H and O–H groups in total. The average Bonchev–Trinajstić information content (AvgIpc) is 2.38. The minimum absolute atomic E-state index is 0.160. The van der Waals surface area contributed by atoms with Crippen molar-refractivity contribution in [2.24, 2.45) is 0 Å². The molecule has 4 heteroatoms. The summed E-state index contributed by atoms with van der Waals surface area (Å²) in [7, 11) is 0. The molecule has 10 heavy (non-hydrogen) atoms. The summed E-state index contributed by atoms with van der Waals surface area (Å²) in [5.74, 6) is 0.160. The van der Waals surface area contributed by atoms with Crippen LogP contribution in [0.5, 0.6) is 0 Å². The third kappa shape index (κ3) is 1.88. The summed E-state index contributed by atoms with van der Waals surface area (Å²) in [4.78, 5) is 12.9. The van der Waals surface area contributed by atoms with Crippen LogP contribution in [0.15, 0.2) is 0 Å². The van der Waals surface area contributed by atoms with Crippen LogP contribution in [-0.2, 0) is 4.79 Å². The van der Waals surface area contributed by atoms with E-state index in [9.17, 15) is 4.79 Å². The van der Waals surface area contributed by atoms with Crippen molar-refractivity contribution in [1.29, 1.82) is 0 Å². The molecule has 1 fully saturated rings. The fraction of sp³-hybridized carbons (Fsp3) is 0.833. The highest BCUT2D eigenvalue weighted by Crippen LogP contribution is 2.06. The van der Waals surface area contributed by atoms with Crippen LogP contribution in [0.4, 0.5) is 0 Å². The number of likely N-dealkylation sites (tertiary alicyclic amines) is 1. The van der Waals surface area contributed by atoms with E-state index >= 15 is 0 Å². The zero-order valence-corrected chi connectivity index (χ0v) is 6.73. The van der Waals surface area contributed by atoms with Crippen molar-refractivity contribution in [2.45, 2.75) is 12.8 Å². The van der Waals surface area contributed by atoms with Gasteiger partial charge >= 0.3 is 0 Å². The van der Waals surface area contributed by atoms with Crippen LogP contribution in [0.25, 0.3) is 0 Å². The maximum atomic E-state index is 11.1. The first-order valence-corrected chi connectivity index (χ1v) is 3.94. The van der Waals surface area contributed by atoms with Gasteiger partial charge in [0.15, 0.2) is 0 Å². The maximum absolute atomic E-state index is 11.1. The highest BCUT2D eigenvalue weighted by molar-refractivity contribution is 7.78. The van der Waals surface area contributed by atoms with Crippen LogP contribution in [0.3, 0.4) is 0 Å². The topological polar surface area (TPSA) is 32.3 Å². The van der Waals surface area contributed by atoms with E-state index < -0.39 is 0 Å². The van der Waals surface area contributed by atoms with Crippen molar-refractivity contribution in [3.8, 4) is 0 Å². The summed E-state index contributed by atoms with van der Waals surface area (Å²) in [6.07, 6.45) is 2.30. The number of nitrogens with one attached hydrogen (secondary N) is 1. The second kappa shape index (κ2) is 3.83. The monoisotopic (exact) mass is 160 g/mol. The van der Waals surface area contributed by atoms with E-state index in [0.29, 0.717) is 6.54 Å². The van der Waals surface area contributed by atoms with Gasteiger partial charge in [0.25, 0.3) is 0 Å². The number of hydrogen-bond acceptors (Lipinski definition) is 3. The summed E-state index contributed by atoms with van der Waals surface area (Å²) in [5, 5.41) is 0. The summed E-state index contributed by atoms with van der Waals surface area (Å²) in [6.45, 7) is 2.20. The lowest BCUT2D eigenvalue weighted by Gasteiger charge is -2.13. The van der Waals surface area contributed by atoms with Crippen LogP contribution >= 0.6 is 12.8 Å². The van der Waals surface area contributed by atoms with Crippen molar-refractivity contribution in [3.05, 3.63) is 0 Å². The van der Waals surface area contributed by atoms with Gasteiger partial charge in [-0.25, -0.2) is 0 Å². The van der Waals surface area contributed by atoms with Crippen LogP contribution in [-0.4, -0.2) is 30.4 Å². The molecule has 1 heterocycles. The summed E-state index contributed by atoms with van der Waals surface area (Å²) in [6, 6.07) is 0.